The van der Waals surface area contributed by atoms with E-state index in [0.717, 1.165) is 11.8 Å². The van der Waals surface area contributed by atoms with Crippen LogP contribution in [0.2, 0.25) is 9.62 Å². The Bertz CT molecular complexity index is 179. The van der Waals surface area contributed by atoms with Crippen molar-refractivity contribution >= 4 is 9.82 Å². The standard InChI is InChI=1S/2C8H17.Mo.S/c2*1-4-5-6-7-8(2)3;;/h2*8H,1,4-7H2,2-3H3;;. The summed E-state index contributed by atoms with van der Waals surface area (Å²) in [7, 11) is 5.71. The molecule has 0 unspecified atom stereocenters. The molecule has 0 amide bonds. The predicted molar refractivity (Wildman–Crippen MR) is 83.8 cm³/mol. The van der Waals surface area contributed by atoms with Gasteiger partial charge in [-0.25, -0.2) is 0 Å². The molecule has 0 bridgehead atoms. The second-order valence-electron chi connectivity index (χ2n) is 6.33. The molecule has 0 fully saturated rings. The van der Waals surface area contributed by atoms with Crippen molar-refractivity contribution in [2.75, 3.05) is 0 Å². The third-order valence-corrected chi connectivity index (χ3v) is 8.94. The van der Waals surface area contributed by atoms with Crippen molar-refractivity contribution in [1.29, 1.82) is 0 Å². The average molecular weight is 354 g/mol. The quantitative estimate of drug-likeness (QED) is 0.269. The van der Waals surface area contributed by atoms with Gasteiger partial charge < -0.3 is 0 Å². The summed E-state index contributed by atoms with van der Waals surface area (Å²) in [6.45, 7) is 9.29. The zero-order chi connectivity index (χ0) is 13.8. The van der Waals surface area contributed by atoms with Crippen molar-refractivity contribution in [3.8, 4) is 0 Å². The van der Waals surface area contributed by atoms with Gasteiger partial charge in [0.2, 0.25) is 0 Å². The van der Waals surface area contributed by atoms with E-state index >= 15 is 0 Å². The Balaban J connectivity index is 3.22. The Hall–Kier alpha value is 0.908. The number of unbranched alkanes of at least 4 members (excludes halogenated alkanes) is 4. The fourth-order valence-corrected chi connectivity index (χ4v) is 6.57. The summed E-state index contributed by atoms with van der Waals surface area (Å²) in [4.78, 5) is 2.89. The van der Waals surface area contributed by atoms with Crippen molar-refractivity contribution in [3.05, 3.63) is 0 Å². The van der Waals surface area contributed by atoms with Crippen LogP contribution in [0, 0.1) is 11.8 Å². The van der Waals surface area contributed by atoms with Gasteiger partial charge in [0.1, 0.15) is 0 Å². The second-order valence-corrected chi connectivity index (χ2v) is 13.3. The number of rotatable bonds is 12. The number of hydrogen-bond donors (Lipinski definition) is 0. The molecular weight excluding hydrogens is 320 g/mol. The van der Waals surface area contributed by atoms with Crippen LogP contribution in [0.15, 0.2) is 0 Å². The van der Waals surface area contributed by atoms with Crippen LogP contribution >= 0.6 is 9.82 Å². The van der Waals surface area contributed by atoms with Crippen molar-refractivity contribution < 1.29 is 15.5 Å². The predicted octanol–water partition coefficient (Wildman–Crippen LogP) is 6.99. The molecule has 0 aromatic rings. The first kappa shape index (κ1) is 18.9. The molecule has 2 heteroatoms. The van der Waals surface area contributed by atoms with Crippen molar-refractivity contribution in [1.82, 2.24) is 0 Å². The van der Waals surface area contributed by atoms with Crippen LogP contribution in [0.1, 0.15) is 79.1 Å². The fraction of sp³-hybridized carbons (Fsp3) is 1.00. The molecule has 0 heterocycles. The van der Waals surface area contributed by atoms with Gasteiger partial charge in [0.05, 0.1) is 0 Å². The molecule has 0 aliphatic rings. The van der Waals surface area contributed by atoms with Crippen LogP contribution in [0.25, 0.3) is 0 Å². The van der Waals surface area contributed by atoms with Crippen LogP contribution in [-0.4, -0.2) is 0 Å². The first-order valence-electron chi connectivity index (χ1n) is 7.87. The monoisotopic (exact) mass is 356 g/mol. The van der Waals surface area contributed by atoms with E-state index in [2.05, 4.69) is 27.7 Å². The maximum absolute atomic E-state index is 5.71. The molecule has 0 saturated carbocycles. The first-order chi connectivity index (χ1) is 8.52. The molecule has 0 saturated heterocycles. The zero-order valence-corrected chi connectivity index (χ0v) is 15.9. The van der Waals surface area contributed by atoms with E-state index in [1.165, 1.54) is 61.0 Å². The molecule has 0 rings (SSSR count). The summed E-state index contributed by atoms with van der Waals surface area (Å²) in [6, 6.07) is 0. The third kappa shape index (κ3) is 15.0. The van der Waals surface area contributed by atoms with Crippen LogP contribution in [0.5, 0.6) is 0 Å². The molecule has 0 nitrogen and oxygen atoms in total. The molecule has 0 aromatic carbocycles. The Morgan fingerprint density at radius 1 is 0.667 bits per heavy atom. The van der Waals surface area contributed by atoms with Gasteiger partial charge in [-0.15, -0.1) is 0 Å². The Morgan fingerprint density at radius 3 is 1.39 bits per heavy atom. The molecule has 0 spiro atoms. The van der Waals surface area contributed by atoms with Gasteiger partial charge in [-0.3, -0.25) is 0 Å². The number of hydrogen-bond acceptors (Lipinski definition) is 1. The second kappa shape index (κ2) is 12.9. The van der Waals surface area contributed by atoms with Gasteiger partial charge in [-0.2, -0.15) is 0 Å². The van der Waals surface area contributed by atoms with Gasteiger partial charge in [0, 0.05) is 0 Å². The summed E-state index contributed by atoms with van der Waals surface area (Å²) < 4.78 is 0. The van der Waals surface area contributed by atoms with E-state index in [0.29, 0.717) is 0 Å². The Morgan fingerprint density at radius 2 is 1.06 bits per heavy atom. The van der Waals surface area contributed by atoms with E-state index in [1.54, 1.807) is 0 Å². The summed E-state index contributed by atoms with van der Waals surface area (Å²) in [6.07, 6.45) is 11.4. The zero-order valence-electron chi connectivity index (χ0n) is 13.0. The molecule has 18 heavy (non-hydrogen) atoms. The van der Waals surface area contributed by atoms with Gasteiger partial charge in [0.15, 0.2) is 0 Å². The van der Waals surface area contributed by atoms with Gasteiger partial charge >= 0.3 is 126 Å². The van der Waals surface area contributed by atoms with E-state index in [9.17, 15) is 0 Å². The fourth-order valence-electron chi connectivity index (χ4n) is 2.09. The minimum absolute atomic E-state index is 0.880. The van der Waals surface area contributed by atoms with Crippen LogP contribution in [-0.2, 0) is 15.5 Å². The summed E-state index contributed by atoms with van der Waals surface area (Å²) in [5, 5.41) is 0. The molecule has 0 aliphatic carbocycles. The molecule has 0 aromatic heterocycles. The molecule has 0 radical (unpaired) electrons. The van der Waals surface area contributed by atoms with Crippen LogP contribution in [0.4, 0.5) is 0 Å². The minimum atomic E-state index is -1.04. The molecule has 110 valence electrons. The molecule has 0 N–H and O–H groups in total. The van der Waals surface area contributed by atoms with Crippen molar-refractivity contribution in [3.63, 3.8) is 0 Å². The van der Waals surface area contributed by atoms with Crippen molar-refractivity contribution in [2.45, 2.75) is 88.7 Å². The SMILES string of the molecule is CC(C)CCCC[CH2][Mo](=[S])[CH2]CCCCC(C)C. The van der Waals surface area contributed by atoms with Gasteiger partial charge in [0.25, 0.3) is 0 Å². The third-order valence-electron chi connectivity index (χ3n) is 3.31. The Labute approximate surface area is 125 Å². The van der Waals surface area contributed by atoms with E-state index < -0.39 is 15.5 Å². The van der Waals surface area contributed by atoms with E-state index in [1.807, 2.05) is 0 Å². The van der Waals surface area contributed by atoms with E-state index in [-0.39, 0.29) is 0 Å². The molecule has 0 atom stereocenters. The van der Waals surface area contributed by atoms with Gasteiger partial charge in [-0.05, 0) is 0 Å². The topological polar surface area (TPSA) is 0 Å². The normalized spacial score (nSPS) is 11.9. The summed E-state index contributed by atoms with van der Waals surface area (Å²) in [5.74, 6) is 1.76. The van der Waals surface area contributed by atoms with E-state index in [4.69, 9.17) is 9.82 Å². The first-order valence-corrected chi connectivity index (χ1v) is 13.5. The van der Waals surface area contributed by atoms with Crippen molar-refractivity contribution in [2.24, 2.45) is 11.8 Å². The van der Waals surface area contributed by atoms with Gasteiger partial charge in [-0.1, -0.05) is 0 Å². The summed E-state index contributed by atoms with van der Waals surface area (Å²) in [5.41, 5.74) is 0. The Kier molecular flexibility index (Phi) is 13.6. The molecular formula is C16H34MoS. The van der Waals surface area contributed by atoms with Crippen LogP contribution < -0.4 is 0 Å². The average Bonchev–Trinajstić information content (AvgIpc) is 2.27. The maximum atomic E-state index is 5.71. The van der Waals surface area contributed by atoms with Crippen LogP contribution in [0.3, 0.4) is 0 Å². The molecule has 0 aliphatic heterocycles. The summed E-state index contributed by atoms with van der Waals surface area (Å²) >= 11 is -1.04.